The van der Waals surface area contributed by atoms with Crippen molar-refractivity contribution in [2.75, 3.05) is 0 Å². The summed E-state index contributed by atoms with van der Waals surface area (Å²) in [6.07, 6.45) is 1.30. The number of nitrogens with two attached hydrogens (primary N) is 1. The van der Waals surface area contributed by atoms with Crippen LogP contribution in [0.15, 0.2) is 18.2 Å². The van der Waals surface area contributed by atoms with Gasteiger partial charge in [-0.3, -0.25) is 0 Å². The largest absolute Gasteiger partial charge is 0.324 e. The summed E-state index contributed by atoms with van der Waals surface area (Å²) in [6, 6.07) is 6.25. The van der Waals surface area contributed by atoms with Crippen molar-refractivity contribution in [1.29, 1.82) is 0 Å². The summed E-state index contributed by atoms with van der Waals surface area (Å²) >= 11 is 0. The molecule has 0 aromatic heterocycles. The van der Waals surface area contributed by atoms with Gasteiger partial charge in [0.1, 0.15) is 5.78 Å². The van der Waals surface area contributed by atoms with Crippen molar-refractivity contribution >= 4 is 5.78 Å². The summed E-state index contributed by atoms with van der Waals surface area (Å²) in [5, 5.41) is 0. The van der Waals surface area contributed by atoms with Gasteiger partial charge in [-0.15, -0.1) is 0 Å². The van der Waals surface area contributed by atoms with E-state index in [1.54, 1.807) is 6.92 Å². The van der Waals surface area contributed by atoms with Crippen LogP contribution in [0.1, 0.15) is 42.5 Å². The average Bonchev–Trinajstić information content (AvgIpc) is 2.18. The molecule has 0 saturated carbocycles. The molecule has 1 aromatic carbocycles. The number of ketones is 1. The van der Waals surface area contributed by atoms with Gasteiger partial charge in [-0.25, -0.2) is 0 Å². The summed E-state index contributed by atoms with van der Waals surface area (Å²) in [5.74, 6) is 0.204. The Hall–Kier alpha value is -1.15. The fraction of sp³-hybridized carbons (Fsp3) is 0.462. The maximum Gasteiger partial charge on any atom is 0.129 e. The van der Waals surface area contributed by atoms with E-state index in [0.717, 1.165) is 12.0 Å². The molecule has 0 radical (unpaired) electrons. The Morgan fingerprint density at radius 1 is 1.40 bits per heavy atom. The first-order valence-corrected chi connectivity index (χ1v) is 5.33. The number of benzene rings is 1. The molecule has 0 saturated heterocycles. The van der Waals surface area contributed by atoms with E-state index in [1.165, 1.54) is 11.1 Å². The number of rotatable bonds is 4. The highest BCUT2D eigenvalue weighted by atomic mass is 16.1. The lowest BCUT2D eigenvalue weighted by atomic mass is 9.96. The van der Waals surface area contributed by atoms with E-state index in [4.69, 9.17) is 5.73 Å². The minimum Gasteiger partial charge on any atom is -0.324 e. The molecule has 2 heteroatoms. The third-order valence-electron chi connectivity index (χ3n) is 2.64. The van der Waals surface area contributed by atoms with Gasteiger partial charge in [0.15, 0.2) is 0 Å². The van der Waals surface area contributed by atoms with E-state index in [0.29, 0.717) is 6.42 Å². The Bertz CT molecular complexity index is 358. The Kier molecular flexibility index (Phi) is 4.04. The smallest absolute Gasteiger partial charge is 0.129 e. The van der Waals surface area contributed by atoms with Crippen LogP contribution in [0.5, 0.6) is 0 Å². The van der Waals surface area contributed by atoms with Gasteiger partial charge in [-0.05, 0) is 38.3 Å². The van der Waals surface area contributed by atoms with E-state index in [-0.39, 0.29) is 11.8 Å². The van der Waals surface area contributed by atoms with Crippen LogP contribution in [0.4, 0.5) is 0 Å². The van der Waals surface area contributed by atoms with Crippen LogP contribution in [0.25, 0.3) is 0 Å². The predicted octanol–water partition coefficient (Wildman–Crippen LogP) is 2.67. The molecule has 15 heavy (non-hydrogen) atoms. The first-order chi connectivity index (χ1) is 7.00. The Morgan fingerprint density at radius 2 is 2.07 bits per heavy atom. The van der Waals surface area contributed by atoms with Gasteiger partial charge in [-0.1, -0.05) is 23.8 Å². The molecular formula is C13H19NO. The molecule has 0 amide bonds. The highest BCUT2D eigenvalue weighted by molar-refractivity contribution is 5.75. The fourth-order valence-electron chi connectivity index (χ4n) is 1.67. The zero-order valence-electron chi connectivity index (χ0n) is 9.71. The summed E-state index contributed by atoms with van der Waals surface area (Å²) in [5.41, 5.74) is 9.65. The molecule has 0 spiro atoms. The van der Waals surface area contributed by atoms with Crippen LogP contribution >= 0.6 is 0 Å². The van der Waals surface area contributed by atoms with E-state index >= 15 is 0 Å². The Labute approximate surface area is 91.5 Å². The van der Waals surface area contributed by atoms with Gasteiger partial charge < -0.3 is 10.5 Å². The second-order valence-electron chi connectivity index (χ2n) is 4.21. The maximum absolute atomic E-state index is 10.9. The van der Waals surface area contributed by atoms with E-state index in [2.05, 4.69) is 32.0 Å². The summed E-state index contributed by atoms with van der Waals surface area (Å²) < 4.78 is 0. The predicted molar refractivity (Wildman–Crippen MR) is 62.8 cm³/mol. The van der Waals surface area contributed by atoms with Crippen LogP contribution in [0, 0.1) is 13.8 Å². The van der Waals surface area contributed by atoms with Crippen molar-refractivity contribution in [3.63, 3.8) is 0 Å². The molecule has 2 nitrogen and oxygen atoms in total. The number of carbonyl (C=O) groups is 1. The summed E-state index contributed by atoms with van der Waals surface area (Å²) in [7, 11) is 0. The second kappa shape index (κ2) is 5.08. The normalized spacial score (nSPS) is 12.5. The van der Waals surface area contributed by atoms with Crippen LogP contribution in [-0.2, 0) is 4.79 Å². The van der Waals surface area contributed by atoms with Crippen molar-refractivity contribution in [2.24, 2.45) is 5.73 Å². The molecule has 0 aliphatic rings. The minimum atomic E-state index is -0.0196. The van der Waals surface area contributed by atoms with Gasteiger partial charge in [0.25, 0.3) is 0 Å². The monoisotopic (exact) mass is 205 g/mol. The number of Topliss-reactive ketones (excluding diaryl/α,β-unsaturated/α-hetero) is 1. The lowest BCUT2D eigenvalue weighted by Crippen LogP contribution is -2.13. The SMILES string of the molecule is CC(=O)CCC(N)c1cc(C)ccc1C. The number of hydrogen-bond acceptors (Lipinski definition) is 2. The molecule has 1 atom stereocenters. The molecule has 2 N–H and O–H groups in total. The van der Waals surface area contributed by atoms with Crippen LogP contribution < -0.4 is 5.73 Å². The molecule has 0 aliphatic heterocycles. The first kappa shape index (κ1) is 11.9. The quantitative estimate of drug-likeness (QED) is 0.821. The number of aryl methyl sites for hydroxylation is 2. The maximum atomic E-state index is 10.9. The molecule has 0 fully saturated rings. The molecular weight excluding hydrogens is 186 g/mol. The minimum absolute atomic E-state index is 0.0196. The van der Waals surface area contributed by atoms with E-state index in [1.807, 2.05) is 0 Å². The lowest BCUT2D eigenvalue weighted by molar-refractivity contribution is -0.117. The zero-order chi connectivity index (χ0) is 11.4. The highest BCUT2D eigenvalue weighted by Gasteiger charge is 2.09. The molecule has 0 aliphatic carbocycles. The zero-order valence-corrected chi connectivity index (χ0v) is 9.71. The fourth-order valence-corrected chi connectivity index (χ4v) is 1.67. The Balaban J connectivity index is 2.76. The molecule has 82 valence electrons. The van der Waals surface area contributed by atoms with Crippen LogP contribution in [-0.4, -0.2) is 5.78 Å². The van der Waals surface area contributed by atoms with Gasteiger partial charge in [0.05, 0.1) is 0 Å². The lowest BCUT2D eigenvalue weighted by Gasteiger charge is -2.14. The van der Waals surface area contributed by atoms with E-state index < -0.39 is 0 Å². The summed E-state index contributed by atoms with van der Waals surface area (Å²) in [4.78, 5) is 10.9. The third kappa shape index (κ3) is 3.48. The van der Waals surface area contributed by atoms with Gasteiger partial charge >= 0.3 is 0 Å². The summed E-state index contributed by atoms with van der Waals surface area (Å²) in [6.45, 7) is 5.72. The molecule has 0 bridgehead atoms. The topological polar surface area (TPSA) is 43.1 Å². The molecule has 1 aromatic rings. The van der Waals surface area contributed by atoms with Crippen molar-refractivity contribution in [3.8, 4) is 0 Å². The average molecular weight is 205 g/mol. The van der Waals surface area contributed by atoms with Crippen molar-refractivity contribution < 1.29 is 4.79 Å². The van der Waals surface area contributed by atoms with Crippen LogP contribution in [0.3, 0.4) is 0 Å². The van der Waals surface area contributed by atoms with Gasteiger partial charge in [-0.2, -0.15) is 0 Å². The Morgan fingerprint density at radius 3 is 2.67 bits per heavy atom. The molecule has 1 rings (SSSR count). The molecule has 0 heterocycles. The van der Waals surface area contributed by atoms with Crippen molar-refractivity contribution in [2.45, 2.75) is 39.7 Å². The number of hydrogen-bond donors (Lipinski definition) is 1. The third-order valence-corrected chi connectivity index (χ3v) is 2.64. The standard InChI is InChI=1S/C13H19NO/c1-9-4-5-10(2)12(8-9)13(14)7-6-11(3)15/h4-5,8,13H,6-7,14H2,1-3H3. The highest BCUT2D eigenvalue weighted by Crippen LogP contribution is 2.21. The number of carbonyl (C=O) groups excluding carboxylic acids is 1. The van der Waals surface area contributed by atoms with E-state index in [9.17, 15) is 4.79 Å². The first-order valence-electron chi connectivity index (χ1n) is 5.33. The van der Waals surface area contributed by atoms with Gasteiger partial charge in [0, 0.05) is 12.5 Å². The van der Waals surface area contributed by atoms with Crippen molar-refractivity contribution in [1.82, 2.24) is 0 Å². The van der Waals surface area contributed by atoms with Crippen molar-refractivity contribution in [3.05, 3.63) is 34.9 Å². The van der Waals surface area contributed by atoms with Crippen LogP contribution in [0.2, 0.25) is 0 Å². The molecule has 1 unspecified atom stereocenters. The second-order valence-corrected chi connectivity index (χ2v) is 4.21. The van der Waals surface area contributed by atoms with Gasteiger partial charge in [0.2, 0.25) is 0 Å².